The number of hydrogen-bond donors (Lipinski definition) is 1. The zero-order valence-electron chi connectivity index (χ0n) is 21.2. The van der Waals surface area contributed by atoms with Gasteiger partial charge in [-0.3, -0.25) is 9.59 Å². The van der Waals surface area contributed by atoms with Crippen LogP contribution in [-0.2, 0) is 22.7 Å². The van der Waals surface area contributed by atoms with Crippen LogP contribution < -0.4 is 5.32 Å². The average Bonchev–Trinajstić information content (AvgIpc) is 3.52. The van der Waals surface area contributed by atoms with E-state index in [9.17, 15) is 14.0 Å². The predicted octanol–water partition coefficient (Wildman–Crippen LogP) is 4.07. The van der Waals surface area contributed by atoms with E-state index in [2.05, 4.69) is 20.7 Å². The first-order valence-electron chi connectivity index (χ1n) is 11.8. The lowest BCUT2D eigenvalue weighted by atomic mass is 10.1. The number of tetrazole rings is 1. The van der Waals surface area contributed by atoms with Crippen LogP contribution in [0.3, 0.4) is 0 Å². The molecule has 2 aromatic carbocycles. The van der Waals surface area contributed by atoms with Gasteiger partial charge in [0.25, 0.3) is 5.91 Å². The number of carbonyl (C=O) groups excluding carboxylic acids is 2. The number of halogens is 1. The van der Waals surface area contributed by atoms with Gasteiger partial charge in [-0.25, -0.2) is 4.39 Å². The second-order valence-corrected chi connectivity index (χ2v) is 9.81. The minimum absolute atomic E-state index is 0.0293. The Kier molecular flexibility index (Phi) is 7.47. The molecule has 1 atom stereocenters. The molecule has 0 aliphatic heterocycles. The van der Waals surface area contributed by atoms with Gasteiger partial charge in [0.2, 0.25) is 11.7 Å². The highest BCUT2D eigenvalue weighted by molar-refractivity contribution is 5.88. The standard InChI is InChI=1S/C27H29FN6O3/c1-18-7-11-20(12-8-18)25-30-32-34(31-25)17-23(35)33(16-19-9-13-21(28)14-10-19)24(22-6-5-15-37-22)26(36)29-27(2,3)4/h5-15,24H,16-17H2,1-4H3,(H,29,36)/t24-/m0/s1. The van der Waals surface area contributed by atoms with E-state index in [1.54, 1.807) is 24.3 Å². The van der Waals surface area contributed by atoms with Crippen LogP contribution in [0.1, 0.15) is 43.7 Å². The molecule has 0 fully saturated rings. The summed E-state index contributed by atoms with van der Waals surface area (Å²) in [6.07, 6.45) is 1.44. The van der Waals surface area contributed by atoms with Gasteiger partial charge in [-0.05, 0) is 62.7 Å². The predicted molar refractivity (Wildman–Crippen MR) is 134 cm³/mol. The Morgan fingerprint density at radius 3 is 2.41 bits per heavy atom. The molecule has 0 aliphatic carbocycles. The molecule has 192 valence electrons. The number of benzene rings is 2. The summed E-state index contributed by atoms with van der Waals surface area (Å²) in [5.41, 5.74) is 1.95. The van der Waals surface area contributed by atoms with Crippen molar-refractivity contribution in [2.45, 2.75) is 52.4 Å². The third-order valence-corrected chi connectivity index (χ3v) is 5.50. The van der Waals surface area contributed by atoms with Crippen LogP contribution >= 0.6 is 0 Å². The number of aryl methyl sites for hydroxylation is 1. The third-order valence-electron chi connectivity index (χ3n) is 5.50. The third kappa shape index (κ3) is 6.66. The van der Waals surface area contributed by atoms with Crippen molar-refractivity contribution < 1.29 is 18.4 Å². The van der Waals surface area contributed by atoms with Crippen LogP contribution in [0.5, 0.6) is 0 Å². The van der Waals surface area contributed by atoms with Crippen LogP contribution in [0.4, 0.5) is 4.39 Å². The van der Waals surface area contributed by atoms with E-state index in [1.807, 2.05) is 52.0 Å². The zero-order chi connectivity index (χ0) is 26.6. The Labute approximate surface area is 214 Å². The maximum Gasteiger partial charge on any atom is 0.251 e. The summed E-state index contributed by atoms with van der Waals surface area (Å²) in [6, 6.07) is 15.6. The first kappa shape index (κ1) is 25.7. The van der Waals surface area contributed by atoms with Crippen LogP contribution in [0.2, 0.25) is 0 Å². The molecule has 0 bridgehead atoms. The highest BCUT2D eigenvalue weighted by atomic mass is 19.1. The van der Waals surface area contributed by atoms with Gasteiger partial charge < -0.3 is 14.6 Å². The lowest BCUT2D eigenvalue weighted by molar-refractivity contribution is -0.143. The summed E-state index contributed by atoms with van der Waals surface area (Å²) in [5, 5.41) is 15.4. The minimum Gasteiger partial charge on any atom is -0.467 e. The van der Waals surface area contributed by atoms with Crippen LogP contribution in [0.15, 0.2) is 71.3 Å². The summed E-state index contributed by atoms with van der Waals surface area (Å²) < 4.78 is 19.1. The molecule has 0 aliphatic rings. The van der Waals surface area contributed by atoms with E-state index >= 15 is 0 Å². The van der Waals surface area contributed by atoms with Crippen molar-refractivity contribution in [2.75, 3.05) is 0 Å². The molecule has 9 nitrogen and oxygen atoms in total. The molecule has 0 spiro atoms. The van der Waals surface area contributed by atoms with Gasteiger partial charge in [-0.1, -0.05) is 42.0 Å². The van der Waals surface area contributed by atoms with Crippen molar-refractivity contribution in [3.8, 4) is 11.4 Å². The molecule has 2 amide bonds. The number of nitrogens with one attached hydrogen (secondary N) is 1. The monoisotopic (exact) mass is 504 g/mol. The fourth-order valence-corrected chi connectivity index (χ4v) is 3.76. The maximum absolute atomic E-state index is 13.7. The first-order chi connectivity index (χ1) is 17.6. The van der Waals surface area contributed by atoms with Gasteiger partial charge in [-0.15, -0.1) is 10.2 Å². The van der Waals surface area contributed by atoms with Crippen LogP contribution in [-0.4, -0.2) is 42.5 Å². The number of rotatable bonds is 8. The molecule has 10 heteroatoms. The van der Waals surface area contributed by atoms with Crippen LogP contribution in [0.25, 0.3) is 11.4 Å². The Morgan fingerprint density at radius 2 is 1.78 bits per heavy atom. The number of nitrogens with zero attached hydrogens (tertiary/aromatic N) is 5. The lowest BCUT2D eigenvalue weighted by Gasteiger charge is -2.32. The van der Waals surface area contributed by atoms with Gasteiger partial charge in [0.1, 0.15) is 18.1 Å². The first-order valence-corrected chi connectivity index (χ1v) is 11.8. The maximum atomic E-state index is 13.7. The van der Waals surface area contributed by atoms with Gasteiger partial charge in [-0.2, -0.15) is 4.80 Å². The fraction of sp³-hybridized carbons (Fsp3) is 0.296. The Balaban J connectivity index is 1.65. The van der Waals surface area contributed by atoms with Crippen molar-refractivity contribution in [2.24, 2.45) is 0 Å². The van der Waals surface area contributed by atoms with Crippen LogP contribution in [0, 0.1) is 12.7 Å². The number of hydrogen-bond acceptors (Lipinski definition) is 6. The highest BCUT2D eigenvalue weighted by Crippen LogP contribution is 2.26. The van der Waals surface area contributed by atoms with E-state index < -0.39 is 29.2 Å². The largest absolute Gasteiger partial charge is 0.467 e. The molecule has 0 saturated heterocycles. The fourth-order valence-electron chi connectivity index (χ4n) is 3.76. The number of carbonyl (C=O) groups is 2. The highest BCUT2D eigenvalue weighted by Gasteiger charge is 2.35. The molecule has 0 unspecified atom stereocenters. The van der Waals surface area contributed by atoms with E-state index in [1.165, 1.54) is 28.1 Å². The zero-order valence-corrected chi connectivity index (χ0v) is 21.2. The molecule has 2 aromatic heterocycles. The summed E-state index contributed by atoms with van der Waals surface area (Å²) in [4.78, 5) is 29.7. The smallest absolute Gasteiger partial charge is 0.251 e. The Morgan fingerprint density at radius 1 is 1.08 bits per heavy atom. The molecular weight excluding hydrogens is 475 g/mol. The van der Waals surface area contributed by atoms with Crippen molar-refractivity contribution in [1.82, 2.24) is 30.4 Å². The average molecular weight is 505 g/mol. The number of furan rings is 1. The van der Waals surface area contributed by atoms with E-state index in [-0.39, 0.29) is 13.1 Å². The summed E-state index contributed by atoms with van der Waals surface area (Å²) in [6.45, 7) is 7.29. The quantitative estimate of drug-likeness (QED) is 0.388. The summed E-state index contributed by atoms with van der Waals surface area (Å²) in [7, 11) is 0. The van der Waals surface area contributed by atoms with Crippen molar-refractivity contribution in [3.05, 3.63) is 89.6 Å². The Hall–Kier alpha value is -4.34. The topological polar surface area (TPSA) is 106 Å². The Bertz CT molecular complexity index is 1340. The normalized spacial score (nSPS) is 12.2. The van der Waals surface area contributed by atoms with E-state index in [0.29, 0.717) is 17.1 Å². The number of aromatic nitrogens is 4. The lowest BCUT2D eigenvalue weighted by Crippen LogP contribution is -2.49. The minimum atomic E-state index is -1.08. The van der Waals surface area contributed by atoms with Crippen molar-refractivity contribution in [1.29, 1.82) is 0 Å². The molecule has 2 heterocycles. The molecular formula is C27H29FN6O3. The number of amides is 2. The van der Waals surface area contributed by atoms with Crippen molar-refractivity contribution in [3.63, 3.8) is 0 Å². The second kappa shape index (κ2) is 10.7. The molecule has 4 aromatic rings. The summed E-state index contributed by atoms with van der Waals surface area (Å²) in [5.74, 6) is -0.576. The molecule has 0 saturated carbocycles. The molecule has 4 rings (SSSR count). The molecule has 37 heavy (non-hydrogen) atoms. The molecule has 0 radical (unpaired) electrons. The van der Waals surface area contributed by atoms with E-state index in [4.69, 9.17) is 4.42 Å². The SMILES string of the molecule is Cc1ccc(-c2nnn(CC(=O)N(Cc3ccc(F)cc3)[C@H](C(=O)NC(C)(C)C)c3ccco3)n2)cc1. The second-order valence-electron chi connectivity index (χ2n) is 9.81. The van der Waals surface area contributed by atoms with Crippen molar-refractivity contribution >= 4 is 11.8 Å². The van der Waals surface area contributed by atoms with E-state index in [0.717, 1.165) is 11.1 Å². The van der Waals surface area contributed by atoms with Gasteiger partial charge >= 0.3 is 0 Å². The van der Waals surface area contributed by atoms with Gasteiger partial charge in [0.15, 0.2) is 6.04 Å². The molecule has 1 N–H and O–H groups in total. The summed E-state index contributed by atoms with van der Waals surface area (Å²) >= 11 is 0. The van der Waals surface area contributed by atoms with Gasteiger partial charge in [0, 0.05) is 17.6 Å². The van der Waals surface area contributed by atoms with Gasteiger partial charge in [0.05, 0.1) is 6.26 Å².